The summed E-state index contributed by atoms with van der Waals surface area (Å²) < 4.78 is 13.5. The summed E-state index contributed by atoms with van der Waals surface area (Å²) in [5.41, 5.74) is 6.70. The van der Waals surface area contributed by atoms with Crippen LogP contribution >= 0.6 is 15.9 Å². The Morgan fingerprint density at radius 1 is 1.47 bits per heavy atom. The molecule has 0 saturated heterocycles. The molecule has 1 rings (SSSR count). The van der Waals surface area contributed by atoms with Crippen LogP contribution in [0.25, 0.3) is 0 Å². The first kappa shape index (κ1) is 14.3. The quantitative estimate of drug-likeness (QED) is 0.733. The summed E-state index contributed by atoms with van der Waals surface area (Å²) in [4.78, 5) is 0. The van der Waals surface area contributed by atoms with Crippen molar-refractivity contribution in [2.24, 2.45) is 5.92 Å². The molecule has 5 heteroatoms. The standard InChI is InChI=1S/C12H18BrFN2O/c1-7(2)3-8(6-17)16-12-4-9(13)10(14)5-11(12)15/h4-5,7-8,16-17H,3,6,15H2,1-2H3. The first-order chi connectivity index (χ1) is 7.93. The van der Waals surface area contributed by atoms with Crippen molar-refractivity contribution in [3.63, 3.8) is 0 Å². The zero-order valence-electron chi connectivity index (χ0n) is 10.0. The average Bonchev–Trinajstić information content (AvgIpc) is 2.24. The third-order valence-electron chi connectivity index (χ3n) is 2.43. The second-order valence-electron chi connectivity index (χ2n) is 4.51. The van der Waals surface area contributed by atoms with Crippen LogP contribution in [0.2, 0.25) is 0 Å². The molecule has 0 saturated carbocycles. The van der Waals surface area contributed by atoms with E-state index in [9.17, 15) is 9.50 Å². The Bertz CT molecular complexity index is 385. The Kier molecular flexibility index (Phi) is 5.21. The number of halogens is 2. The lowest BCUT2D eigenvalue weighted by Gasteiger charge is -2.20. The summed E-state index contributed by atoms with van der Waals surface area (Å²) >= 11 is 3.11. The van der Waals surface area contributed by atoms with E-state index in [2.05, 4.69) is 35.1 Å². The number of rotatable bonds is 5. The van der Waals surface area contributed by atoms with Crippen molar-refractivity contribution in [3.8, 4) is 0 Å². The number of aliphatic hydroxyl groups excluding tert-OH is 1. The second kappa shape index (κ2) is 6.21. The Hall–Kier alpha value is -0.810. The van der Waals surface area contributed by atoms with E-state index in [1.807, 2.05) is 0 Å². The van der Waals surface area contributed by atoms with Crippen LogP contribution in [-0.4, -0.2) is 17.8 Å². The predicted octanol–water partition coefficient (Wildman–Crippen LogP) is 2.99. The minimum atomic E-state index is -0.391. The van der Waals surface area contributed by atoms with Crippen LogP contribution in [0.1, 0.15) is 20.3 Å². The van der Waals surface area contributed by atoms with Crippen LogP contribution in [0.15, 0.2) is 16.6 Å². The molecule has 0 bridgehead atoms. The molecule has 0 amide bonds. The van der Waals surface area contributed by atoms with E-state index in [0.29, 0.717) is 21.8 Å². The molecule has 0 fully saturated rings. The van der Waals surface area contributed by atoms with E-state index in [0.717, 1.165) is 6.42 Å². The predicted molar refractivity (Wildman–Crippen MR) is 72.5 cm³/mol. The van der Waals surface area contributed by atoms with Crippen LogP contribution in [0.4, 0.5) is 15.8 Å². The van der Waals surface area contributed by atoms with Crippen LogP contribution < -0.4 is 11.1 Å². The van der Waals surface area contributed by atoms with Gasteiger partial charge in [0.25, 0.3) is 0 Å². The maximum atomic E-state index is 13.2. The van der Waals surface area contributed by atoms with Gasteiger partial charge in [0.2, 0.25) is 0 Å². The van der Waals surface area contributed by atoms with Crippen LogP contribution in [0.3, 0.4) is 0 Å². The molecule has 1 unspecified atom stereocenters. The molecular weight excluding hydrogens is 287 g/mol. The number of benzene rings is 1. The topological polar surface area (TPSA) is 58.3 Å². The van der Waals surface area contributed by atoms with Gasteiger partial charge in [0.15, 0.2) is 0 Å². The zero-order valence-corrected chi connectivity index (χ0v) is 11.6. The molecule has 0 radical (unpaired) electrons. The molecule has 0 aliphatic heterocycles. The molecule has 4 N–H and O–H groups in total. The minimum absolute atomic E-state index is 0.0205. The highest BCUT2D eigenvalue weighted by molar-refractivity contribution is 9.10. The normalized spacial score (nSPS) is 12.8. The van der Waals surface area contributed by atoms with Gasteiger partial charge in [-0.15, -0.1) is 0 Å². The molecule has 0 aliphatic rings. The van der Waals surface area contributed by atoms with Crippen molar-refractivity contribution in [2.45, 2.75) is 26.3 Å². The summed E-state index contributed by atoms with van der Waals surface area (Å²) in [5.74, 6) is 0.0715. The molecule has 1 aromatic carbocycles. The molecule has 0 heterocycles. The van der Waals surface area contributed by atoms with Gasteiger partial charge in [0.1, 0.15) is 5.82 Å². The monoisotopic (exact) mass is 304 g/mol. The number of anilines is 2. The van der Waals surface area contributed by atoms with Crippen molar-refractivity contribution >= 4 is 27.3 Å². The van der Waals surface area contributed by atoms with Crippen LogP contribution in [0.5, 0.6) is 0 Å². The molecule has 0 aliphatic carbocycles. The van der Waals surface area contributed by atoms with Crippen LogP contribution in [-0.2, 0) is 0 Å². The minimum Gasteiger partial charge on any atom is -0.397 e. The smallest absolute Gasteiger partial charge is 0.139 e. The van der Waals surface area contributed by atoms with E-state index in [1.165, 1.54) is 6.07 Å². The number of nitrogens with one attached hydrogen (secondary N) is 1. The highest BCUT2D eigenvalue weighted by Gasteiger charge is 2.12. The fraction of sp³-hybridized carbons (Fsp3) is 0.500. The van der Waals surface area contributed by atoms with Gasteiger partial charge in [0.05, 0.1) is 22.5 Å². The van der Waals surface area contributed by atoms with E-state index in [1.54, 1.807) is 6.07 Å². The lowest BCUT2D eigenvalue weighted by Crippen LogP contribution is -2.26. The molecule has 0 spiro atoms. The number of nitrogen functional groups attached to an aromatic ring is 1. The molecule has 1 aromatic rings. The fourth-order valence-electron chi connectivity index (χ4n) is 1.66. The average molecular weight is 305 g/mol. The summed E-state index contributed by atoms with van der Waals surface area (Å²) in [6.45, 7) is 4.18. The van der Waals surface area contributed by atoms with Crippen LogP contribution in [0, 0.1) is 11.7 Å². The van der Waals surface area contributed by atoms with Gasteiger partial charge in [-0.1, -0.05) is 13.8 Å². The van der Waals surface area contributed by atoms with Crippen molar-refractivity contribution in [1.82, 2.24) is 0 Å². The Morgan fingerprint density at radius 3 is 2.65 bits per heavy atom. The van der Waals surface area contributed by atoms with E-state index in [4.69, 9.17) is 5.73 Å². The zero-order chi connectivity index (χ0) is 13.0. The summed E-state index contributed by atoms with van der Waals surface area (Å²) in [5, 5.41) is 12.4. The molecule has 1 atom stereocenters. The highest BCUT2D eigenvalue weighted by atomic mass is 79.9. The fourth-order valence-corrected chi connectivity index (χ4v) is 2.00. The van der Waals surface area contributed by atoms with E-state index >= 15 is 0 Å². The first-order valence-corrected chi connectivity index (χ1v) is 6.35. The largest absolute Gasteiger partial charge is 0.397 e. The molecule has 3 nitrogen and oxygen atoms in total. The van der Waals surface area contributed by atoms with Crippen molar-refractivity contribution < 1.29 is 9.50 Å². The van der Waals surface area contributed by atoms with Crippen molar-refractivity contribution in [1.29, 1.82) is 0 Å². The second-order valence-corrected chi connectivity index (χ2v) is 5.36. The Labute approximate surface area is 109 Å². The van der Waals surface area contributed by atoms with Crippen molar-refractivity contribution in [2.75, 3.05) is 17.7 Å². The lowest BCUT2D eigenvalue weighted by atomic mass is 10.0. The van der Waals surface area contributed by atoms with Gasteiger partial charge in [-0.3, -0.25) is 0 Å². The molecular formula is C12H18BrFN2O. The Morgan fingerprint density at radius 2 is 2.12 bits per heavy atom. The molecule has 0 aromatic heterocycles. The summed E-state index contributed by atoms with van der Waals surface area (Å²) in [7, 11) is 0. The van der Waals surface area contributed by atoms with Gasteiger partial charge in [-0.25, -0.2) is 4.39 Å². The van der Waals surface area contributed by atoms with Crippen molar-refractivity contribution in [3.05, 3.63) is 22.4 Å². The summed E-state index contributed by atoms with van der Waals surface area (Å²) in [6.07, 6.45) is 0.824. The molecule has 17 heavy (non-hydrogen) atoms. The highest BCUT2D eigenvalue weighted by Crippen LogP contribution is 2.27. The van der Waals surface area contributed by atoms with Gasteiger partial charge >= 0.3 is 0 Å². The third kappa shape index (κ3) is 4.16. The SMILES string of the molecule is CC(C)CC(CO)Nc1cc(Br)c(F)cc1N. The third-order valence-corrected chi connectivity index (χ3v) is 3.04. The number of aliphatic hydroxyl groups is 1. The number of nitrogens with two attached hydrogens (primary N) is 1. The Balaban J connectivity index is 2.82. The number of hydrogen-bond acceptors (Lipinski definition) is 3. The van der Waals surface area contributed by atoms with Gasteiger partial charge in [0, 0.05) is 12.1 Å². The van der Waals surface area contributed by atoms with Gasteiger partial charge in [-0.05, 0) is 34.3 Å². The lowest BCUT2D eigenvalue weighted by molar-refractivity contribution is 0.259. The first-order valence-electron chi connectivity index (χ1n) is 5.56. The summed E-state index contributed by atoms with van der Waals surface area (Å²) in [6, 6.07) is 2.78. The number of hydrogen-bond donors (Lipinski definition) is 3. The van der Waals surface area contributed by atoms with E-state index < -0.39 is 5.82 Å². The maximum absolute atomic E-state index is 13.2. The van der Waals surface area contributed by atoms with Gasteiger partial charge < -0.3 is 16.2 Å². The van der Waals surface area contributed by atoms with E-state index in [-0.39, 0.29) is 12.6 Å². The van der Waals surface area contributed by atoms with Gasteiger partial charge in [-0.2, -0.15) is 0 Å². The maximum Gasteiger partial charge on any atom is 0.139 e. The molecule has 96 valence electrons.